The Hall–Kier alpha value is -2.58. The number of benzene rings is 2. The average molecular weight is 481 g/mol. The van der Waals surface area contributed by atoms with E-state index < -0.39 is 94.6 Å². The molecular weight excluding hydrogens is 481 g/mol. The fourth-order valence-electron chi connectivity index (χ4n) is 2.56. The van der Waals surface area contributed by atoms with E-state index in [2.05, 4.69) is 4.98 Å². The van der Waals surface area contributed by atoms with Crippen LogP contribution in [0.2, 0.25) is 5.15 Å². The van der Waals surface area contributed by atoms with Crippen LogP contribution in [0, 0.1) is 52.4 Å². The highest BCUT2D eigenvalue weighted by molar-refractivity contribution is 7.85. The molecule has 1 aromatic heterocycles. The molecule has 0 saturated carbocycles. The highest BCUT2D eigenvalue weighted by atomic mass is 35.5. The molecule has 15 heteroatoms. The first-order chi connectivity index (χ1) is 13.7. The lowest BCUT2D eigenvalue weighted by molar-refractivity contribution is 0.380. The van der Waals surface area contributed by atoms with E-state index in [9.17, 15) is 52.5 Å². The number of hydrogen-bond donors (Lipinski definition) is 0. The van der Waals surface area contributed by atoms with Gasteiger partial charge in [0.1, 0.15) is 25.9 Å². The minimum atomic E-state index is -6.11. The molecule has 1 heterocycles. The number of nitrogens with zero attached hydrogens (tertiary/aromatic N) is 1. The van der Waals surface area contributed by atoms with Crippen molar-refractivity contribution in [2.24, 2.45) is 0 Å². The van der Waals surface area contributed by atoms with Crippen molar-refractivity contribution < 1.29 is 52.5 Å². The Labute approximate surface area is 164 Å². The van der Waals surface area contributed by atoms with Gasteiger partial charge in [-0.15, -0.1) is 0 Å². The molecule has 2 aromatic carbocycles. The monoisotopic (exact) mass is 480 g/mol. The van der Waals surface area contributed by atoms with Crippen molar-refractivity contribution >= 4 is 32.5 Å². The van der Waals surface area contributed by atoms with Gasteiger partial charge in [0.05, 0.1) is 16.3 Å². The predicted molar refractivity (Wildman–Crippen MR) is 79.8 cm³/mol. The summed E-state index contributed by atoms with van der Waals surface area (Å²) in [6.07, 6.45) is 0. The number of rotatable bonds is 2. The lowest BCUT2D eigenvalue weighted by atomic mass is 10.0. The Balaban J connectivity index is 2.62. The Morgan fingerprint density at radius 1 is 0.633 bits per heavy atom. The first-order valence-electron chi connectivity index (χ1n) is 7.04. The largest absolute Gasteiger partial charge is 0.744 e. The zero-order valence-electron chi connectivity index (χ0n) is 13.4. The van der Waals surface area contributed by atoms with Gasteiger partial charge in [0.2, 0.25) is 5.82 Å². The maximum absolute atomic E-state index is 14.8. The summed E-state index contributed by atoms with van der Waals surface area (Å²) in [5, 5.41) is -4.97. The van der Waals surface area contributed by atoms with E-state index in [1.54, 1.807) is 0 Å². The smallest absolute Gasteiger partial charge is 0.200 e. The van der Waals surface area contributed by atoms with Gasteiger partial charge in [-0.05, 0) is 0 Å². The molecule has 30 heavy (non-hydrogen) atoms. The van der Waals surface area contributed by atoms with Crippen LogP contribution >= 0.6 is 11.6 Å². The summed E-state index contributed by atoms with van der Waals surface area (Å²) < 4.78 is 158. The van der Waals surface area contributed by atoms with Crippen LogP contribution in [-0.4, -0.2) is 18.0 Å². The quantitative estimate of drug-likeness (QED) is 0.175. The van der Waals surface area contributed by atoms with E-state index in [0.717, 1.165) is 0 Å². The first kappa shape index (κ1) is 22.1. The van der Waals surface area contributed by atoms with E-state index in [1.807, 2.05) is 0 Å². The van der Waals surface area contributed by atoms with Gasteiger partial charge in [0, 0.05) is 0 Å². The fraction of sp³-hybridized carbons (Fsp3) is 0. The van der Waals surface area contributed by atoms with E-state index >= 15 is 0 Å². The Morgan fingerprint density at radius 2 is 1.10 bits per heavy atom. The number of fused-ring (bicyclic) bond motifs is 1. The molecule has 0 radical (unpaired) electrons. The van der Waals surface area contributed by atoms with Crippen LogP contribution in [0.3, 0.4) is 0 Å². The van der Waals surface area contributed by atoms with Crippen molar-refractivity contribution in [2.75, 3.05) is 0 Å². The lowest BCUT2D eigenvalue weighted by Gasteiger charge is -2.16. The summed E-state index contributed by atoms with van der Waals surface area (Å²) >= 11 is 5.43. The average Bonchev–Trinajstić information content (AvgIpc) is 2.64. The van der Waals surface area contributed by atoms with Gasteiger partial charge in [-0.3, -0.25) is 0 Å². The summed E-state index contributed by atoms with van der Waals surface area (Å²) in [5.74, 6) is -23.0. The van der Waals surface area contributed by atoms with Crippen molar-refractivity contribution in [3.63, 3.8) is 0 Å². The maximum atomic E-state index is 14.8. The molecule has 0 amide bonds. The second-order valence-corrected chi connectivity index (χ2v) is 7.16. The molecule has 3 aromatic rings. The lowest BCUT2D eigenvalue weighted by Crippen LogP contribution is -2.11. The molecular formula is C15ClF9NO3S-. The second-order valence-electron chi connectivity index (χ2n) is 5.49. The summed E-state index contributed by atoms with van der Waals surface area (Å²) in [6, 6.07) is 0. The van der Waals surface area contributed by atoms with Crippen LogP contribution in [0.5, 0.6) is 0 Å². The topological polar surface area (TPSA) is 70.1 Å². The molecule has 0 N–H and O–H groups in total. The first-order valence-corrected chi connectivity index (χ1v) is 8.83. The normalized spacial score (nSPS) is 12.1. The molecule has 0 spiro atoms. The van der Waals surface area contributed by atoms with Crippen molar-refractivity contribution in [1.29, 1.82) is 0 Å². The van der Waals surface area contributed by atoms with E-state index in [4.69, 9.17) is 11.6 Å². The summed E-state index contributed by atoms with van der Waals surface area (Å²) in [7, 11) is -6.11. The van der Waals surface area contributed by atoms with Gasteiger partial charge in [-0.2, -0.15) is 0 Å². The number of halogens is 10. The van der Waals surface area contributed by atoms with E-state index in [0.29, 0.717) is 0 Å². The minimum absolute atomic E-state index is 1.45. The van der Waals surface area contributed by atoms with Crippen molar-refractivity contribution in [3.05, 3.63) is 57.5 Å². The zero-order valence-corrected chi connectivity index (χ0v) is 14.9. The van der Waals surface area contributed by atoms with Crippen LogP contribution in [0.1, 0.15) is 0 Å². The van der Waals surface area contributed by atoms with E-state index in [1.165, 1.54) is 0 Å². The van der Waals surface area contributed by atoms with Gasteiger partial charge in [0.25, 0.3) is 0 Å². The maximum Gasteiger partial charge on any atom is 0.200 e. The molecule has 0 fully saturated rings. The van der Waals surface area contributed by atoms with Gasteiger partial charge in [-0.1, -0.05) is 11.6 Å². The highest BCUT2D eigenvalue weighted by Gasteiger charge is 2.34. The molecule has 0 bridgehead atoms. The Kier molecular flexibility index (Phi) is 5.15. The number of hydrogen-bond acceptors (Lipinski definition) is 4. The zero-order chi connectivity index (χ0) is 22.9. The van der Waals surface area contributed by atoms with Crippen LogP contribution < -0.4 is 0 Å². The molecule has 0 aliphatic heterocycles. The molecule has 160 valence electrons. The highest BCUT2D eigenvalue weighted by Crippen LogP contribution is 2.40. The Bertz CT molecular complexity index is 1350. The van der Waals surface area contributed by atoms with Crippen LogP contribution in [-0.2, 0) is 10.1 Å². The molecule has 0 saturated heterocycles. The third-order valence-electron chi connectivity index (χ3n) is 3.82. The third kappa shape index (κ3) is 2.97. The molecule has 4 nitrogen and oxygen atoms in total. The van der Waals surface area contributed by atoms with Crippen LogP contribution in [0.25, 0.3) is 22.0 Å². The molecule has 3 rings (SSSR count). The third-order valence-corrected chi connectivity index (χ3v) is 4.95. The fourth-order valence-corrected chi connectivity index (χ4v) is 3.45. The summed E-state index contributed by atoms with van der Waals surface area (Å²) in [4.78, 5) is 0.391. The summed E-state index contributed by atoms with van der Waals surface area (Å²) in [5.41, 5.74) is -3.93. The van der Waals surface area contributed by atoms with Crippen molar-refractivity contribution in [2.45, 2.75) is 4.90 Å². The molecule has 0 unspecified atom stereocenters. The van der Waals surface area contributed by atoms with Gasteiger partial charge in [-0.25, -0.2) is 52.9 Å². The van der Waals surface area contributed by atoms with Gasteiger partial charge >= 0.3 is 0 Å². The van der Waals surface area contributed by atoms with E-state index in [-0.39, 0.29) is 0 Å². The van der Waals surface area contributed by atoms with Crippen molar-refractivity contribution in [1.82, 2.24) is 4.98 Å². The Morgan fingerprint density at radius 3 is 1.57 bits per heavy atom. The minimum Gasteiger partial charge on any atom is -0.744 e. The SMILES string of the molecule is O=S(=O)([O-])c1c(F)c(F)c2c(Cl)nc(-c3c(F)c(F)c(F)c(F)c3F)c(F)c2c1F. The molecule has 0 atom stereocenters. The number of pyridine rings is 1. The van der Waals surface area contributed by atoms with Crippen molar-refractivity contribution in [3.8, 4) is 11.3 Å². The van der Waals surface area contributed by atoms with Crippen LogP contribution in [0.4, 0.5) is 39.5 Å². The number of aromatic nitrogens is 1. The molecule has 0 aliphatic carbocycles. The standard InChI is InChI=1S/C15HClF9NO3S/c16-15-2-1(8(21)14(30(27,28)29)12(25)4(2)17)7(20)13(26-15)3-5(18)9(22)11(24)10(23)6(3)19/h(H,27,28,29)/p-1. The van der Waals surface area contributed by atoms with Gasteiger partial charge < -0.3 is 4.55 Å². The van der Waals surface area contributed by atoms with Crippen LogP contribution in [0.15, 0.2) is 4.90 Å². The summed E-state index contributed by atoms with van der Waals surface area (Å²) in [6.45, 7) is 0. The van der Waals surface area contributed by atoms with Gasteiger partial charge in [0.15, 0.2) is 46.5 Å². The second kappa shape index (κ2) is 6.99. The predicted octanol–water partition coefficient (Wildman–Crippen LogP) is 4.71. The molecule has 0 aliphatic rings.